The first-order chi connectivity index (χ1) is 11.3. The maximum absolute atomic E-state index is 12.5. The van der Waals surface area contributed by atoms with Crippen LogP contribution in [-0.2, 0) is 4.79 Å². The first kappa shape index (κ1) is 17.1. The van der Waals surface area contributed by atoms with Crippen molar-refractivity contribution in [1.82, 2.24) is 14.9 Å². The minimum absolute atomic E-state index is 0.222. The lowest BCUT2D eigenvalue weighted by molar-refractivity contribution is -0.140. The highest BCUT2D eigenvalue weighted by molar-refractivity contribution is 7.18. The Hall–Kier alpha value is -1.69. The Morgan fingerprint density at radius 2 is 1.96 bits per heavy atom. The van der Waals surface area contributed by atoms with Gasteiger partial charge in [0.25, 0.3) is 0 Å². The van der Waals surface area contributed by atoms with Crippen LogP contribution in [0.25, 0.3) is 10.2 Å². The van der Waals surface area contributed by atoms with Crippen LogP contribution in [0.1, 0.15) is 39.2 Å². The zero-order chi connectivity index (χ0) is 17.5. The van der Waals surface area contributed by atoms with Gasteiger partial charge in [-0.05, 0) is 30.7 Å². The van der Waals surface area contributed by atoms with Gasteiger partial charge in [-0.2, -0.15) is 0 Å². The van der Waals surface area contributed by atoms with E-state index in [1.54, 1.807) is 17.7 Å². The Labute approximate surface area is 147 Å². The van der Waals surface area contributed by atoms with Crippen LogP contribution in [0.3, 0.4) is 0 Å². The first-order valence-corrected chi connectivity index (χ1v) is 9.38. The Balaban J connectivity index is 1.72. The molecule has 0 atom stereocenters. The van der Waals surface area contributed by atoms with E-state index in [0.29, 0.717) is 6.04 Å². The summed E-state index contributed by atoms with van der Waals surface area (Å²) in [4.78, 5) is 25.7. The maximum atomic E-state index is 12.5. The summed E-state index contributed by atoms with van der Waals surface area (Å²) in [6, 6.07) is 0.315. The molecular weight excluding hydrogens is 320 g/mol. The second kappa shape index (κ2) is 6.31. The molecule has 0 aromatic carbocycles. The molecule has 0 N–H and O–H groups in total. The van der Waals surface area contributed by atoms with Crippen LogP contribution in [0.5, 0.6) is 0 Å². The molecule has 1 fully saturated rings. The van der Waals surface area contributed by atoms with Gasteiger partial charge in [0.05, 0.1) is 10.2 Å². The molecule has 1 amide bonds. The van der Waals surface area contributed by atoms with Gasteiger partial charge in [0, 0.05) is 31.6 Å². The van der Waals surface area contributed by atoms with Gasteiger partial charge in [0.2, 0.25) is 5.91 Å². The van der Waals surface area contributed by atoms with Crippen molar-refractivity contribution in [2.45, 2.75) is 46.6 Å². The fourth-order valence-corrected chi connectivity index (χ4v) is 4.36. The summed E-state index contributed by atoms with van der Waals surface area (Å²) in [6.07, 6.45) is 3.63. The van der Waals surface area contributed by atoms with Crippen molar-refractivity contribution in [3.05, 3.63) is 17.3 Å². The largest absolute Gasteiger partial charge is 0.355 e. The third kappa shape index (κ3) is 3.11. The lowest BCUT2D eigenvalue weighted by Crippen LogP contribution is -2.48. The van der Waals surface area contributed by atoms with Gasteiger partial charge in [0.1, 0.15) is 12.1 Å². The van der Waals surface area contributed by atoms with E-state index in [9.17, 15) is 4.79 Å². The third-order valence-electron chi connectivity index (χ3n) is 4.79. The number of aryl methyl sites for hydroxylation is 1. The number of fused-ring (bicyclic) bond motifs is 1. The molecule has 0 spiro atoms. The number of carbonyl (C=O) groups is 1. The Morgan fingerprint density at radius 1 is 1.29 bits per heavy atom. The summed E-state index contributed by atoms with van der Waals surface area (Å²) >= 11 is 1.72. The molecule has 5 nitrogen and oxygen atoms in total. The third-order valence-corrected chi connectivity index (χ3v) is 5.87. The zero-order valence-electron chi connectivity index (χ0n) is 15.2. The average molecular weight is 347 g/mol. The van der Waals surface area contributed by atoms with Crippen LogP contribution in [0, 0.1) is 12.3 Å². The standard InChI is InChI=1S/C18H26N4OS/c1-12-10-24-15-14(12)19-11-20-16(15)22-8-6-13(7-9-22)21(5)17(23)18(2,3)4/h10-11,13H,6-9H2,1-5H3. The summed E-state index contributed by atoms with van der Waals surface area (Å²) in [5.74, 6) is 1.26. The Morgan fingerprint density at radius 3 is 2.58 bits per heavy atom. The highest BCUT2D eigenvalue weighted by Gasteiger charge is 2.32. The van der Waals surface area contributed by atoms with Gasteiger partial charge < -0.3 is 9.80 Å². The highest BCUT2D eigenvalue weighted by atomic mass is 32.1. The number of thiophene rings is 1. The molecule has 6 heteroatoms. The van der Waals surface area contributed by atoms with E-state index in [1.165, 1.54) is 10.3 Å². The minimum atomic E-state index is -0.320. The highest BCUT2D eigenvalue weighted by Crippen LogP contribution is 2.33. The molecule has 0 bridgehead atoms. The van der Waals surface area contributed by atoms with Crippen molar-refractivity contribution in [3.63, 3.8) is 0 Å². The van der Waals surface area contributed by atoms with Crippen LogP contribution in [0.4, 0.5) is 5.82 Å². The Bertz CT molecular complexity index is 741. The number of amides is 1. The molecule has 1 aliphatic rings. The number of anilines is 1. The predicted molar refractivity (Wildman–Crippen MR) is 99.6 cm³/mol. The van der Waals surface area contributed by atoms with E-state index in [2.05, 4.69) is 27.2 Å². The van der Waals surface area contributed by atoms with Crippen molar-refractivity contribution in [2.75, 3.05) is 25.0 Å². The van der Waals surface area contributed by atoms with Crippen LogP contribution in [0.15, 0.2) is 11.7 Å². The number of rotatable bonds is 2. The fraction of sp³-hybridized carbons (Fsp3) is 0.611. The number of nitrogens with zero attached hydrogens (tertiary/aromatic N) is 4. The van der Waals surface area contributed by atoms with Crippen molar-refractivity contribution in [1.29, 1.82) is 0 Å². The van der Waals surface area contributed by atoms with E-state index in [4.69, 9.17) is 0 Å². The van der Waals surface area contributed by atoms with Gasteiger partial charge in [-0.3, -0.25) is 4.79 Å². The zero-order valence-corrected chi connectivity index (χ0v) is 16.0. The molecule has 1 aliphatic heterocycles. The molecule has 2 aromatic rings. The molecule has 0 aliphatic carbocycles. The molecule has 2 aromatic heterocycles. The van der Waals surface area contributed by atoms with Crippen LogP contribution < -0.4 is 4.90 Å². The lowest BCUT2D eigenvalue weighted by Gasteiger charge is -2.39. The van der Waals surface area contributed by atoms with Gasteiger partial charge in [-0.15, -0.1) is 11.3 Å². The molecule has 130 valence electrons. The summed E-state index contributed by atoms with van der Waals surface area (Å²) in [6.45, 7) is 9.90. The van der Waals surface area contributed by atoms with Crippen molar-refractivity contribution >= 4 is 33.3 Å². The van der Waals surface area contributed by atoms with Gasteiger partial charge in [-0.1, -0.05) is 20.8 Å². The van der Waals surface area contributed by atoms with Crippen molar-refractivity contribution in [3.8, 4) is 0 Å². The SMILES string of the molecule is Cc1csc2c(N3CCC(N(C)C(=O)C(C)(C)C)CC3)ncnc12. The van der Waals surface area contributed by atoms with Crippen LogP contribution in [-0.4, -0.2) is 47.0 Å². The van der Waals surface area contributed by atoms with Gasteiger partial charge in [-0.25, -0.2) is 9.97 Å². The number of hydrogen-bond donors (Lipinski definition) is 0. The average Bonchev–Trinajstić information content (AvgIpc) is 2.94. The topological polar surface area (TPSA) is 49.3 Å². The number of carbonyl (C=O) groups excluding carboxylic acids is 1. The summed E-state index contributed by atoms with van der Waals surface area (Å²) < 4.78 is 1.17. The van der Waals surface area contributed by atoms with E-state index in [-0.39, 0.29) is 11.3 Å². The molecule has 0 unspecified atom stereocenters. The van der Waals surface area contributed by atoms with Crippen molar-refractivity contribution < 1.29 is 4.79 Å². The quantitative estimate of drug-likeness (QED) is 0.835. The summed E-state index contributed by atoms with van der Waals surface area (Å²) in [7, 11) is 1.94. The smallest absolute Gasteiger partial charge is 0.227 e. The van der Waals surface area contributed by atoms with Crippen LogP contribution in [0.2, 0.25) is 0 Å². The lowest BCUT2D eigenvalue weighted by atomic mass is 9.92. The van der Waals surface area contributed by atoms with Crippen LogP contribution >= 0.6 is 11.3 Å². The van der Waals surface area contributed by atoms with E-state index in [1.807, 2.05) is 32.7 Å². The molecule has 1 saturated heterocycles. The molecule has 3 heterocycles. The van der Waals surface area contributed by atoms with Gasteiger partial charge in [0.15, 0.2) is 0 Å². The maximum Gasteiger partial charge on any atom is 0.227 e. The Kier molecular flexibility index (Phi) is 4.51. The van der Waals surface area contributed by atoms with E-state index < -0.39 is 0 Å². The number of hydrogen-bond acceptors (Lipinski definition) is 5. The first-order valence-electron chi connectivity index (χ1n) is 8.50. The molecule has 0 saturated carbocycles. The van der Waals surface area contributed by atoms with E-state index >= 15 is 0 Å². The monoisotopic (exact) mass is 346 g/mol. The fourth-order valence-electron chi connectivity index (χ4n) is 3.34. The number of piperidine rings is 1. The second-order valence-corrected chi connectivity index (χ2v) is 8.56. The normalized spacial score (nSPS) is 16.6. The molecule has 0 radical (unpaired) electrons. The van der Waals surface area contributed by atoms with Gasteiger partial charge >= 0.3 is 0 Å². The molecule has 3 rings (SSSR count). The summed E-state index contributed by atoms with van der Waals surface area (Å²) in [5.41, 5.74) is 1.95. The molecular formula is C18H26N4OS. The minimum Gasteiger partial charge on any atom is -0.355 e. The molecule has 24 heavy (non-hydrogen) atoms. The number of aromatic nitrogens is 2. The summed E-state index contributed by atoms with van der Waals surface area (Å²) in [5, 5.41) is 2.14. The predicted octanol–water partition coefficient (Wildman–Crippen LogP) is 3.47. The van der Waals surface area contributed by atoms with E-state index in [0.717, 1.165) is 37.3 Å². The second-order valence-electron chi connectivity index (χ2n) is 7.68. The van der Waals surface area contributed by atoms with Crippen molar-refractivity contribution in [2.24, 2.45) is 5.41 Å².